The molecule has 0 spiro atoms. The van der Waals surface area contributed by atoms with E-state index in [4.69, 9.17) is 5.11 Å². The maximum absolute atomic E-state index is 11.8. The second-order valence-electron chi connectivity index (χ2n) is 5.58. The number of aryl methyl sites for hydroxylation is 2. The van der Waals surface area contributed by atoms with E-state index < -0.39 is 0 Å². The van der Waals surface area contributed by atoms with E-state index in [1.807, 2.05) is 12.2 Å². The Balaban J connectivity index is 1.66. The zero-order valence-electron chi connectivity index (χ0n) is 12.0. The van der Waals surface area contributed by atoms with E-state index in [0.29, 0.717) is 6.42 Å². The number of aliphatic hydroxyl groups is 1. The Morgan fingerprint density at radius 3 is 2.70 bits per heavy atom. The Morgan fingerprint density at radius 2 is 2.05 bits per heavy atom. The SMILES string of the molecule is Cc1ccc(CCCC(=O)N[C@@H]2C=C[C@H](CO)C2)cc1. The molecular formula is C17H23NO2. The first-order chi connectivity index (χ1) is 9.67. The van der Waals surface area contributed by atoms with Gasteiger partial charge in [-0.15, -0.1) is 0 Å². The summed E-state index contributed by atoms with van der Waals surface area (Å²) in [5.41, 5.74) is 2.54. The van der Waals surface area contributed by atoms with Crippen molar-refractivity contribution in [1.82, 2.24) is 5.32 Å². The summed E-state index contributed by atoms with van der Waals surface area (Å²) < 4.78 is 0. The summed E-state index contributed by atoms with van der Waals surface area (Å²) in [5, 5.41) is 12.0. The van der Waals surface area contributed by atoms with E-state index in [9.17, 15) is 4.79 Å². The minimum atomic E-state index is 0.0963. The lowest BCUT2D eigenvalue weighted by Gasteiger charge is -2.12. The third kappa shape index (κ3) is 4.49. The molecule has 0 aromatic heterocycles. The molecule has 0 saturated carbocycles. The van der Waals surface area contributed by atoms with Crippen molar-refractivity contribution >= 4 is 5.91 Å². The highest BCUT2D eigenvalue weighted by Crippen LogP contribution is 2.17. The molecule has 0 saturated heterocycles. The first-order valence-corrected chi connectivity index (χ1v) is 7.31. The van der Waals surface area contributed by atoms with Crippen molar-refractivity contribution in [2.24, 2.45) is 5.92 Å². The fourth-order valence-corrected chi connectivity index (χ4v) is 2.50. The van der Waals surface area contributed by atoms with Crippen molar-refractivity contribution in [3.8, 4) is 0 Å². The van der Waals surface area contributed by atoms with E-state index in [1.165, 1.54) is 11.1 Å². The number of amides is 1. The summed E-state index contributed by atoms with van der Waals surface area (Å²) in [6, 6.07) is 8.55. The second-order valence-corrected chi connectivity index (χ2v) is 5.58. The van der Waals surface area contributed by atoms with Crippen LogP contribution in [-0.2, 0) is 11.2 Å². The minimum Gasteiger partial charge on any atom is -0.396 e. The molecule has 2 atom stereocenters. The van der Waals surface area contributed by atoms with Crippen molar-refractivity contribution in [2.45, 2.75) is 38.6 Å². The van der Waals surface area contributed by atoms with Crippen LogP contribution in [0.25, 0.3) is 0 Å². The number of hydrogen-bond donors (Lipinski definition) is 2. The fourth-order valence-electron chi connectivity index (χ4n) is 2.50. The molecule has 0 unspecified atom stereocenters. The largest absolute Gasteiger partial charge is 0.396 e. The Bertz CT molecular complexity index is 464. The van der Waals surface area contributed by atoms with Crippen LogP contribution in [0.2, 0.25) is 0 Å². The molecule has 0 radical (unpaired) electrons. The highest BCUT2D eigenvalue weighted by molar-refractivity contribution is 5.76. The molecular weight excluding hydrogens is 250 g/mol. The molecule has 1 aromatic rings. The average Bonchev–Trinajstić information content (AvgIpc) is 2.88. The lowest BCUT2D eigenvalue weighted by Crippen LogP contribution is -2.32. The van der Waals surface area contributed by atoms with E-state index in [1.54, 1.807) is 0 Å². The van der Waals surface area contributed by atoms with Crippen molar-refractivity contribution in [3.05, 3.63) is 47.5 Å². The molecule has 0 aliphatic heterocycles. The van der Waals surface area contributed by atoms with Crippen molar-refractivity contribution in [2.75, 3.05) is 6.61 Å². The van der Waals surface area contributed by atoms with Gasteiger partial charge in [0.1, 0.15) is 0 Å². The molecule has 108 valence electrons. The molecule has 3 nitrogen and oxygen atoms in total. The first kappa shape index (κ1) is 14.8. The third-order valence-electron chi connectivity index (χ3n) is 3.74. The number of carbonyl (C=O) groups excluding carboxylic acids is 1. The zero-order valence-corrected chi connectivity index (χ0v) is 12.0. The van der Waals surface area contributed by atoms with Gasteiger partial charge in [0, 0.05) is 25.0 Å². The van der Waals surface area contributed by atoms with Gasteiger partial charge in [-0.25, -0.2) is 0 Å². The van der Waals surface area contributed by atoms with E-state index in [-0.39, 0.29) is 24.5 Å². The van der Waals surface area contributed by atoms with Crippen LogP contribution in [-0.4, -0.2) is 23.7 Å². The Hall–Kier alpha value is -1.61. The number of hydrogen-bond acceptors (Lipinski definition) is 2. The van der Waals surface area contributed by atoms with Gasteiger partial charge in [-0.3, -0.25) is 4.79 Å². The predicted octanol–water partition coefficient (Wildman–Crippen LogP) is 2.37. The average molecular weight is 273 g/mol. The van der Waals surface area contributed by atoms with Gasteiger partial charge in [-0.05, 0) is 31.7 Å². The van der Waals surface area contributed by atoms with Crippen molar-refractivity contribution in [1.29, 1.82) is 0 Å². The van der Waals surface area contributed by atoms with Crippen LogP contribution >= 0.6 is 0 Å². The number of benzene rings is 1. The van der Waals surface area contributed by atoms with Gasteiger partial charge in [-0.2, -0.15) is 0 Å². The minimum absolute atomic E-state index is 0.0963. The van der Waals surface area contributed by atoms with E-state index >= 15 is 0 Å². The lowest BCUT2D eigenvalue weighted by atomic mass is 10.1. The van der Waals surface area contributed by atoms with Gasteiger partial charge in [0.2, 0.25) is 5.91 Å². The normalized spacial score (nSPS) is 21.1. The van der Waals surface area contributed by atoms with Crippen LogP contribution in [0.3, 0.4) is 0 Å². The van der Waals surface area contributed by atoms with Crippen molar-refractivity contribution < 1.29 is 9.90 Å². The van der Waals surface area contributed by atoms with Gasteiger partial charge >= 0.3 is 0 Å². The molecule has 2 N–H and O–H groups in total. The lowest BCUT2D eigenvalue weighted by molar-refractivity contribution is -0.121. The summed E-state index contributed by atoms with van der Waals surface area (Å²) in [6.45, 7) is 2.24. The van der Waals surface area contributed by atoms with Crippen LogP contribution in [0, 0.1) is 12.8 Å². The molecule has 1 amide bonds. The monoisotopic (exact) mass is 273 g/mol. The summed E-state index contributed by atoms with van der Waals surface area (Å²) in [6.07, 6.45) is 7.15. The van der Waals surface area contributed by atoms with Crippen LogP contribution < -0.4 is 5.32 Å². The van der Waals surface area contributed by atoms with Crippen LogP contribution in [0.5, 0.6) is 0 Å². The van der Waals surface area contributed by atoms with Crippen LogP contribution in [0.4, 0.5) is 0 Å². The molecule has 0 fully saturated rings. The summed E-state index contributed by atoms with van der Waals surface area (Å²) in [7, 11) is 0. The van der Waals surface area contributed by atoms with Gasteiger partial charge in [-0.1, -0.05) is 42.0 Å². The fraction of sp³-hybridized carbons (Fsp3) is 0.471. The third-order valence-corrected chi connectivity index (χ3v) is 3.74. The molecule has 1 aromatic carbocycles. The number of nitrogens with one attached hydrogen (secondary N) is 1. The van der Waals surface area contributed by atoms with Gasteiger partial charge in [0.15, 0.2) is 0 Å². The second kappa shape index (κ2) is 7.25. The quantitative estimate of drug-likeness (QED) is 0.782. The highest BCUT2D eigenvalue weighted by Gasteiger charge is 2.19. The van der Waals surface area contributed by atoms with Crippen LogP contribution in [0.1, 0.15) is 30.4 Å². The smallest absolute Gasteiger partial charge is 0.220 e. The molecule has 2 rings (SSSR count). The molecule has 1 aliphatic rings. The first-order valence-electron chi connectivity index (χ1n) is 7.31. The number of carbonyl (C=O) groups is 1. The zero-order chi connectivity index (χ0) is 14.4. The number of rotatable bonds is 6. The summed E-state index contributed by atoms with van der Waals surface area (Å²) >= 11 is 0. The highest BCUT2D eigenvalue weighted by atomic mass is 16.3. The molecule has 3 heteroatoms. The Kier molecular flexibility index (Phi) is 5.36. The molecule has 0 bridgehead atoms. The molecule has 0 heterocycles. The van der Waals surface area contributed by atoms with E-state index in [2.05, 4.69) is 36.5 Å². The van der Waals surface area contributed by atoms with E-state index in [0.717, 1.165) is 19.3 Å². The van der Waals surface area contributed by atoms with Crippen LogP contribution in [0.15, 0.2) is 36.4 Å². The van der Waals surface area contributed by atoms with Gasteiger partial charge in [0.25, 0.3) is 0 Å². The number of aliphatic hydroxyl groups excluding tert-OH is 1. The molecule has 1 aliphatic carbocycles. The predicted molar refractivity (Wildman–Crippen MR) is 80.4 cm³/mol. The maximum atomic E-state index is 11.8. The Labute approximate surface area is 120 Å². The van der Waals surface area contributed by atoms with Crippen molar-refractivity contribution in [3.63, 3.8) is 0 Å². The summed E-state index contributed by atoms with van der Waals surface area (Å²) in [4.78, 5) is 11.8. The standard InChI is InChI=1S/C17H23NO2/c1-13-5-7-14(8-6-13)3-2-4-17(20)18-16-10-9-15(11-16)12-19/h5-10,15-16,19H,2-4,11-12H2,1H3,(H,18,20)/t15-,16+/m0/s1. The Morgan fingerprint density at radius 1 is 1.30 bits per heavy atom. The van der Waals surface area contributed by atoms with Gasteiger partial charge < -0.3 is 10.4 Å². The maximum Gasteiger partial charge on any atom is 0.220 e. The van der Waals surface area contributed by atoms with Gasteiger partial charge in [0.05, 0.1) is 0 Å². The topological polar surface area (TPSA) is 49.3 Å². The summed E-state index contributed by atoms with van der Waals surface area (Å²) in [5.74, 6) is 0.304. The molecule has 20 heavy (non-hydrogen) atoms.